The lowest BCUT2D eigenvalue weighted by Crippen LogP contribution is -2.44. The van der Waals surface area contributed by atoms with E-state index >= 15 is 0 Å². The van der Waals surface area contributed by atoms with Gasteiger partial charge in [-0.15, -0.1) is 0 Å². The molecule has 31 heavy (non-hydrogen) atoms. The molecular weight excluding hydrogens is 386 g/mol. The molecule has 5 rings (SSSR count). The summed E-state index contributed by atoms with van der Waals surface area (Å²) in [5.41, 5.74) is 4.32. The van der Waals surface area contributed by atoms with Gasteiger partial charge in [-0.2, -0.15) is 5.10 Å². The predicted octanol–water partition coefficient (Wildman–Crippen LogP) is 4.73. The van der Waals surface area contributed by atoms with Gasteiger partial charge in [0.2, 0.25) is 0 Å². The number of fused-ring (bicyclic) bond motifs is 3. The third-order valence-electron chi connectivity index (χ3n) is 7.11. The minimum Gasteiger partial charge on any atom is -0.335 e. The molecule has 1 N–H and O–H groups in total. The first-order chi connectivity index (χ1) is 15.1. The van der Waals surface area contributed by atoms with Crippen molar-refractivity contribution in [2.24, 2.45) is 0 Å². The lowest BCUT2D eigenvalue weighted by atomic mass is 9.82. The van der Waals surface area contributed by atoms with E-state index < -0.39 is 0 Å². The van der Waals surface area contributed by atoms with Gasteiger partial charge in [-0.1, -0.05) is 38.5 Å². The number of amides is 2. The molecule has 2 aliphatic rings. The molecule has 2 aliphatic heterocycles. The zero-order valence-electron chi connectivity index (χ0n) is 18.5. The number of aryl methyl sites for hydroxylation is 1. The Kier molecular flexibility index (Phi) is 5.16. The minimum atomic E-state index is 0.0271. The second kappa shape index (κ2) is 7.98. The summed E-state index contributed by atoms with van der Waals surface area (Å²) in [5, 5.41) is 9.27. The number of aromatic nitrogens is 3. The summed E-state index contributed by atoms with van der Waals surface area (Å²) in [6, 6.07) is 12.9. The molecule has 6 nitrogen and oxygen atoms in total. The molecule has 2 amide bonds. The number of urea groups is 1. The largest absolute Gasteiger partial charge is 0.335 e. The first kappa shape index (κ1) is 20.0. The van der Waals surface area contributed by atoms with Gasteiger partial charge in [-0.05, 0) is 43.9 Å². The highest BCUT2D eigenvalue weighted by molar-refractivity contribution is 5.82. The standard InChI is InChI=1S/C25H31N5O/c1-3-7-20(4-2)27-24(31)29-12-10-25(17-29)11-13-30-23(25)15-22(28-30)19-14-18-8-5-6-9-21(18)26-16-19/h5-6,8-9,14-16,20H,3-4,7,10-13,17H2,1-2H3,(H,27,31). The van der Waals surface area contributed by atoms with Gasteiger partial charge in [-0.25, -0.2) is 4.79 Å². The third kappa shape index (κ3) is 3.58. The fourth-order valence-corrected chi connectivity index (χ4v) is 5.27. The number of rotatable bonds is 5. The molecule has 6 heteroatoms. The molecule has 1 saturated heterocycles. The van der Waals surface area contributed by atoms with E-state index in [2.05, 4.69) is 47.0 Å². The Morgan fingerprint density at radius 3 is 2.87 bits per heavy atom. The van der Waals surface area contributed by atoms with E-state index in [9.17, 15) is 4.79 Å². The van der Waals surface area contributed by atoms with Crippen LogP contribution in [-0.2, 0) is 12.0 Å². The second-order valence-electron chi connectivity index (χ2n) is 9.10. The van der Waals surface area contributed by atoms with Crippen LogP contribution >= 0.6 is 0 Å². The van der Waals surface area contributed by atoms with Gasteiger partial charge < -0.3 is 10.2 Å². The Labute approximate surface area is 183 Å². The zero-order valence-corrected chi connectivity index (χ0v) is 18.5. The summed E-state index contributed by atoms with van der Waals surface area (Å²) < 4.78 is 2.15. The highest BCUT2D eigenvalue weighted by Gasteiger charge is 2.47. The molecule has 2 unspecified atom stereocenters. The van der Waals surface area contributed by atoms with Crippen molar-refractivity contribution in [3.05, 3.63) is 48.3 Å². The fourth-order valence-electron chi connectivity index (χ4n) is 5.27. The minimum absolute atomic E-state index is 0.0271. The number of benzene rings is 1. The molecule has 1 aromatic carbocycles. The van der Waals surface area contributed by atoms with Crippen LogP contribution in [0.1, 0.15) is 51.6 Å². The molecule has 3 aromatic rings. The zero-order chi connectivity index (χ0) is 21.4. The highest BCUT2D eigenvalue weighted by atomic mass is 16.2. The summed E-state index contributed by atoms with van der Waals surface area (Å²) in [7, 11) is 0. The molecule has 0 radical (unpaired) electrons. The van der Waals surface area contributed by atoms with E-state index in [1.807, 2.05) is 29.3 Å². The quantitative estimate of drug-likeness (QED) is 0.653. The maximum absolute atomic E-state index is 12.9. The first-order valence-electron chi connectivity index (χ1n) is 11.6. The van der Waals surface area contributed by atoms with Crippen LogP contribution in [0.4, 0.5) is 4.79 Å². The van der Waals surface area contributed by atoms with Crippen LogP contribution < -0.4 is 5.32 Å². The van der Waals surface area contributed by atoms with Crippen LogP contribution in [-0.4, -0.2) is 44.8 Å². The lowest BCUT2D eigenvalue weighted by molar-refractivity contribution is 0.200. The van der Waals surface area contributed by atoms with E-state index in [-0.39, 0.29) is 17.5 Å². The van der Waals surface area contributed by atoms with Crippen molar-refractivity contribution in [3.63, 3.8) is 0 Å². The number of likely N-dealkylation sites (tertiary alicyclic amines) is 1. The monoisotopic (exact) mass is 417 g/mol. The summed E-state index contributed by atoms with van der Waals surface area (Å²) in [5.74, 6) is 0. The third-order valence-corrected chi connectivity index (χ3v) is 7.11. The van der Waals surface area contributed by atoms with E-state index in [1.54, 1.807) is 0 Å². The van der Waals surface area contributed by atoms with Crippen LogP contribution in [0.3, 0.4) is 0 Å². The molecule has 0 saturated carbocycles. The average molecular weight is 418 g/mol. The van der Waals surface area contributed by atoms with Crippen LogP contribution in [0.5, 0.6) is 0 Å². The van der Waals surface area contributed by atoms with Crippen molar-refractivity contribution in [3.8, 4) is 11.3 Å². The normalized spacial score (nSPS) is 21.0. The van der Waals surface area contributed by atoms with Crippen molar-refractivity contribution >= 4 is 16.9 Å². The Balaban J connectivity index is 1.36. The SMILES string of the molecule is CCCC(CC)NC(=O)N1CCC2(CCn3nc(-c4cnc5ccccc5c4)cc32)C1. The summed E-state index contributed by atoms with van der Waals surface area (Å²) >= 11 is 0. The summed E-state index contributed by atoms with van der Waals surface area (Å²) in [6.07, 6.45) is 7.09. The number of pyridine rings is 1. The number of carbonyl (C=O) groups excluding carboxylic acids is 1. The van der Waals surface area contributed by atoms with E-state index in [4.69, 9.17) is 5.10 Å². The Hall–Kier alpha value is -2.89. The average Bonchev–Trinajstić information content (AvgIpc) is 3.50. The van der Waals surface area contributed by atoms with Gasteiger partial charge >= 0.3 is 6.03 Å². The van der Waals surface area contributed by atoms with Gasteiger partial charge in [-0.3, -0.25) is 9.67 Å². The van der Waals surface area contributed by atoms with Crippen molar-refractivity contribution < 1.29 is 4.79 Å². The maximum Gasteiger partial charge on any atom is 0.317 e. The molecular formula is C25H31N5O. The van der Waals surface area contributed by atoms with Crippen LogP contribution in [0.2, 0.25) is 0 Å². The van der Waals surface area contributed by atoms with Crippen molar-refractivity contribution in [2.75, 3.05) is 13.1 Å². The molecule has 1 spiro atoms. The first-order valence-corrected chi connectivity index (χ1v) is 11.6. The molecule has 4 heterocycles. The van der Waals surface area contributed by atoms with Gasteiger partial charge in [0.1, 0.15) is 0 Å². The number of nitrogens with zero attached hydrogens (tertiary/aromatic N) is 4. The fraction of sp³-hybridized carbons (Fsp3) is 0.480. The second-order valence-corrected chi connectivity index (χ2v) is 9.10. The van der Waals surface area contributed by atoms with Crippen molar-refractivity contribution in [2.45, 2.75) is 64.0 Å². The number of hydrogen-bond donors (Lipinski definition) is 1. The van der Waals surface area contributed by atoms with E-state index in [0.717, 1.165) is 73.9 Å². The molecule has 0 aliphatic carbocycles. The Morgan fingerprint density at radius 1 is 1.19 bits per heavy atom. The van der Waals surface area contributed by atoms with Gasteiger partial charge in [0.25, 0.3) is 0 Å². The smallest absolute Gasteiger partial charge is 0.317 e. The molecule has 2 aromatic heterocycles. The molecule has 2 atom stereocenters. The van der Waals surface area contributed by atoms with Gasteiger partial charge in [0, 0.05) is 53.9 Å². The van der Waals surface area contributed by atoms with Gasteiger partial charge in [0.05, 0.1) is 11.2 Å². The van der Waals surface area contributed by atoms with Gasteiger partial charge in [0.15, 0.2) is 0 Å². The van der Waals surface area contributed by atoms with Crippen LogP contribution in [0.25, 0.3) is 22.2 Å². The number of hydrogen-bond acceptors (Lipinski definition) is 3. The summed E-state index contributed by atoms with van der Waals surface area (Å²) in [6.45, 7) is 6.82. The van der Waals surface area contributed by atoms with Crippen molar-refractivity contribution in [1.82, 2.24) is 25.0 Å². The summed E-state index contributed by atoms with van der Waals surface area (Å²) in [4.78, 5) is 19.5. The molecule has 0 bridgehead atoms. The molecule has 1 fully saturated rings. The molecule has 162 valence electrons. The Bertz CT molecular complexity index is 1110. The Morgan fingerprint density at radius 2 is 2.03 bits per heavy atom. The number of carbonyl (C=O) groups is 1. The van der Waals surface area contributed by atoms with Crippen LogP contribution in [0, 0.1) is 0 Å². The topological polar surface area (TPSA) is 63.1 Å². The van der Waals surface area contributed by atoms with E-state index in [1.165, 1.54) is 5.69 Å². The lowest BCUT2D eigenvalue weighted by Gasteiger charge is -2.25. The highest BCUT2D eigenvalue weighted by Crippen LogP contribution is 2.43. The van der Waals surface area contributed by atoms with Crippen LogP contribution in [0.15, 0.2) is 42.6 Å². The number of nitrogens with one attached hydrogen (secondary N) is 1. The van der Waals surface area contributed by atoms with E-state index in [0.29, 0.717) is 0 Å². The number of para-hydroxylation sites is 1. The predicted molar refractivity (Wildman–Crippen MR) is 123 cm³/mol. The maximum atomic E-state index is 12.9. The van der Waals surface area contributed by atoms with Crippen molar-refractivity contribution in [1.29, 1.82) is 0 Å².